The van der Waals surface area contributed by atoms with E-state index in [1.807, 2.05) is 4.68 Å². The van der Waals surface area contributed by atoms with Crippen LogP contribution in [-0.2, 0) is 0 Å². The Morgan fingerprint density at radius 1 is 1.47 bits per heavy atom. The molecule has 1 fully saturated rings. The smallest absolute Gasteiger partial charge is 0.208 e. The summed E-state index contributed by atoms with van der Waals surface area (Å²) in [5, 5.41) is 4.30. The van der Waals surface area contributed by atoms with Crippen molar-refractivity contribution in [1.82, 2.24) is 14.8 Å². The molecule has 1 aromatic heterocycles. The van der Waals surface area contributed by atoms with Crippen molar-refractivity contribution in [2.75, 3.05) is 0 Å². The molecule has 0 amide bonds. The Morgan fingerprint density at radius 3 is 2.67 bits per heavy atom. The minimum atomic E-state index is 0.276. The van der Waals surface area contributed by atoms with Crippen molar-refractivity contribution in [2.45, 2.75) is 38.6 Å². The van der Waals surface area contributed by atoms with Crippen molar-refractivity contribution < 1.29 is 0 Å². The fourth-order valence-corrected chi connectivity index (χ4v) is 2.16. The molecule has 0 atom stereocenters. The van der Waals surface area contributed by atoms with Crippen LogP contribution in [-0.4, -0.2) is 19.8 Å². The Kier molecular flexibility index (Phi) is 3.00. The van der Waals surface area contributed by atoms with E-state index < -0.39 is 0 Å². The van der Waals surface area contributed by atoms with E-state index in [9.17, 15) is 0 Å². The van der Waals surface area contributed by atoms with E-state index in [1.165, 1.54) is 25.7 Å². The molecule has 1 saturated carbocycles. The maximum Gasteiger partial charge on any atom is 0.208 e. The van der Waals surface area contributed by atoms with Crippen LogP contribution in [0.25, 0.3) is 0 Å². The third-order valence-corrected chi connectivity index (χ3v) is 3.27. The van der Waals surface area contributed by atoms with Crippen LogP contribution in [0.5, 0.6) is 0 Å². The summed E-state index contributed by atoms with van der Waals surface area (Å²) >= 11 is 4.83. The van der Waals surface area contributed by atoms with E-state index >= 15 is 0 Å². The molecule has 15 heavy (non-hydrogen) atoms. The summed E-state index contributed by atoms with van der Waals surface area (Å²) in [5.74, 6) is 1.34. The predicted molar refractivity (Wildman–Crippen MR) is 62.6 cm³/mol. The Balaban J connectivity index is 2.06. The zero-order valence-electron chi connectivity index (χ0n) is 8.89. The number of nitrogens with two attached hydrogens (primary N) is 1. The molecule has 0 unspecified atom stereocenters. The highest BCUT2D eigenvalue weighted by Crippen LogP contribution is 2.30. The van der Waals surface area contributed by atoms with Gasteiger partial charge in [-0.1, -0.05) is 19.1 Å². The van der Waals surface area contributed by atoms with Crippen molar-refractivity contribution in [1.29, 1.82) is 0 Å². The lowest BCUT2D eigenvalue weighted by Crippen LogP contribution is -2.18. The highest BCUT2D eigenvalue weighted by Gasteiger charge is 2.20. The van der Waals surface area contributed by atoms with Crippen molar-refractivity contribution in [3.63, 3.8) is 0 Å². The summed E-state index contributed by atoms with van der Waals surface area (Å²) in [6.07, 6.45) is 6.65. The molecule has 0 bridgehead atoms. The largest absolute Gasteiger partial charge is 0.387 e. The van der Waals surface area contributed by atoms with Gasteiger partial charge >= 0.3 is 0 Å². The molecule has 2 N–H and O–H groups in total. The van der Waals surface area contributed by atoms with E-state index in [1.54, 1.807) is 6.33 Å². The van der Waals surface area contributed by atoms with E-state index in [0.717, 1.165) is 5.92 Å². The summed E-state index contributed by atoms with van der Waals surface area (Å²) in [5.41, 5.74) is 5.47. The lowest BCUT2D eigenvalue weighted by atomic mass is 9.87. The zero-order valence-corrected chi connectivity index (χ0v) is 9.70. The summed E-state index contributed by atoms with van der Waals surface area (Å²) in [7, 11) is 0. The molecule has 0 saturated heterocycles. The molecule has 1 aromatic rings. The quantitative estimate of drug-likeness (QED) is 0.776. The lowest BCUT2D eigenvalue weighted by molar-refractivity contribution is 0.273. The van der Waals surface area contributed by atoms with Gasteiger partial charge in [-0.3, -0.25) is 0 Å². The normalized spacial score (nSPS) is 26.5. The lowest BCUT2D eigenvalue weighted by Gasteiger charge is -2.25. The molecule has 82 valence electrons. The minimum Gasteiger partial charge on any atom is -0.387 e. The van der Waals surface area contributed by atoms with Crippen LogP contribution in [0.15, 0.2) is 6.33 Å². The molecule has 0 aromatic carbocycles. The van der Waals surface area contributed by atoms with Crippen molar-refractivity contribution >= 4 is 17.2 Å². The van der Waals surface area contributed by atoms with Gasteiger partial charge in [0.1, 0.15) is 11.3 Å². The van der Waals surface area contributed by atoms with E-state index in [4.69, 9.17) is 18.0 Å². The standard InChI is InChI=1S/C10H16N4S/c1-7-2-4-8(5-3-7)14-6-12-10(13-14)9(11)15/h6-8H,2-5H2,1H3,(H2,11,15). The average molecular weight is 224 g/mol. The van der Waals surface area contributed by atoms with Crippen LogP contribution < -0.4 is 5.73 Å². The molecule has 1 heterocycles. The third-order valence-electron chi connectivity index (χ3n) is 3.09. The van der Waals surface area contributed by atoms with Gasteiger partial charge in [0.2, 0.25) is 5.82 Å². The topological polar surface area (TPSA) is 56.7 Å². The van der Waals surface area contributed by atoms with Crippen molar-refractivity contribution in [3.05, 3.63) is 12.2 Å². The number of thiocarbonyl (C=S) groups is 1. The van der Waals surface area contributed by atoms with E-state index in [-0.39, 0.29) is 4.99 Å². The van der Waals surface area contributed by atoms with Gasteiger partial charge in [0, 0.05) is 0 Å². The Morgan fingerprint density at radius 2 is 2.13 bits per heavy atom. The molecule has 2 rings (SSSR count). The fourth-order valence-electron chi connectivity index (χ4n) is 2.07. The third kappa shape index (κ3) is 2.34. The Hall–Kier alpha value is -0.970. The van der Waals surface area contributed by atoms with Gasteiger partial charge in [-0.15, -0.1) is 5.10 Å². The molecule has 1 aliphatic carbocycles. The number of aromatic nitrogens is 3. The molecule has 0 aliphatic heterocycles. The first-order valence-electron chi connectivity index (χ1n) is 5.37. The summed E-state index contributed by atoms with van der Waals surface area (Å²) in [6.45, 7) is 2.30. The van der Waals surface area contributed by atoms with Gasteiger partial charge in [0.05, 0.1) is 6.04 Å². The molecule has 1 aliphatic rings. The Bertz CT molecular complexity index is 352. The number of nitrogens with zero attached hydrogens (tertiary/aromatic N) is 3. The number of hydrogen-bond acceptors (Lipinski definition) is 3. The molecule has 4 nitrogen and oxygen atoms in total. The SMILES string of the molecule is CC1CCC(n2cnc(C(N)=S)n2)CC1. The van der Waals surface area contributed by atoms with Crippen LogP contribution >= 0.6 is 12.2 Å². The first-order chi connectivity index (χ1) is 7.16. The second-order valence-corrected chi connectivity index (χ2v) is 4.77. The molecular formula is C10H16N4S. The van der Waals surface area contributed by atoms with Crippen LogP contribution in [0.4, 0.5) is 0 Å². The summed E-state index contributed by atoms with van der Waals surface area (Å²) in [6, 6.07) is 0.483. The molecular weight excluding hydrogens is 208 g/mol. The first-order valence-corrected chi connectivity index (χ1v) is 5.78. The van der Waals surface area contributed by atoms with Gasteiger partial charge < -0.3 is 5.73 Å². The monoisotopic (exact) mass is 224 g/mol. The second kappa shape index (κ2) is 4.26. The summed E-state index contributed by atoms with van der Waals surface area (Å²) in [4.78, 5) is 4.37. The van der Waals surface area contributed by atoms with Crippen molar-refractivity contribution in [3.8, 4) is 0 Å². The average Bonchev–Trinajstić information content (AvgIpc) is 2.68. The van der Waals surface area contributed by atoms with E-state index in [2.05, 4.69) is 17.0 Å². The Labute approximate surface area is 94.9 Å². The maximum atomic E-state index is 5.47. The van der Waals surface area contributed by atoms with Crippen LogP contribution in [0.1, 0.15) is 44.5 Å². The van der Waals surface area contributed by atoms with Gasteiger partial charge in [0.25, 0.3) is 0 Å². The highest BCUT2D eigenvalue weighted by molar-refractivity contribution is 7.80. The zero-order chi connectivity index (χ0) is 10.8. The van der Waals surface area contributed by atoms with Gasteiger partial charge in [-0.05, 0) is 31.6 Å². The number of hydrogen-bond donors (Lipinski definition) is 1. The van der Waals surface area contributed by atoms with E-state index in [0.29, 0.717) is 11.9 Å². The molecule has 5 heteroatoms. The van der Waals surface area contributed by atoms with Crippen LogP contribution in [0.3, 0.4) is 0 Å². The van der Waals surface area contributed by atoms with Gasteiger partial charge in [0.15, 0.2) is 0 Å². The van der Waals surface area contributed by atoms with Gasteiger partial charge in [-0.25, -0.2) is 9.67 Å². The second-order valence-electron chi connectivity index (χ2n) is 4.33. The maximum absolute atomic E-state index is 5.47. The van der Waals surface area contributed by atoms with Crippen LogP contribution in [0, 0.1) is 5.92 Å². The fraction of sp³-hybridized carbons (Fsp3) is 0.700. The van der Waals surface area contributed by atoms with Crippen LogP contribution in [0.2, 0.25) is 0 Å². The number of rotatable bonds is 2. The summed E-state index contributed by atoms with van der Waals surface area (Å²) < 4.78 is 1.92. The minimum absolute atomic E-state index is 0.276. The predicted octanol–water partition coefficient (Wildman–Crippen LogP) is 1.66. The molecule has 0 radical (unpaired) electrons. The highest BCUT2D eigenvalue weighted by atomic mass is 32.1. The first kappa shape index (κ1) is 10.5. The van der Waals surface area contributed by atoms with Crippen molar-refractivity contribution in [2.24, 2.45) is 11.7 Å². The van der Waals surface area contributed by atoms with Gasteiger partial charge in [-0.2, -0.15) is 0 Å². The molecule has 0 spiro atoms.